The molecule has 0 saturated carbocycles. The lowest BCUT2D eigenvalue weighted by Gasteiger charge is -2.44. The van der Waals surface area contributed by atoms with E-state index in [-0.39, 0.29) is 5.56 Å². The zero-order valence-electron chi connectivity index (χ0n) is 12.6. The van der Waals surface area contributed by atoms with Gasteiger partial charge in [-0.3, -0.25) is 4.99 Å². The number of rotatable bonds is 4. The molecule has 0 aromatic heterocycles. The van der Waals surface area contributed by atoms with E-state index in [0.717, 1.165) is 0 Å². The third kappa shape index (κ3) is 2.89. The number of hydrogen-bond donors (Lipinski definition) is 2. The van der Waals surface area contributed by atoms with E-state index in [1.165, 1.54) is 35.6 Å². The Hall–Kier alpha value is -1.98. The number of aliphatic imine (C=N–C) groups is 1. The first-order chi connectivity index (χ1) is 11.7. The van der Waals surface area contributed by atoms with Gasteiger partial charge in [0.05, 0.1) is 0 Å². The van der Waals surface area contributed by atoms with Crippen LogP contribution in [0.2, 0.25) is 0 Å². The van der Waals surface area contributed by atoms with Crippen molar-refractivity contribution in [3.05, 3.63) is 35.9 Å². The SMILES string of the molecule is OC1(C(F)(F)C(F)(F)C(F)(F)C(F)(F)F)CCN=C(c2ccccc2)N1. The highest BCUT2D eigenvalue weighted by Gasteiger charge is 2.86. The van der Waals surface area contributed by atoms with Crippen LogP contribution in [-0.4, -0.2) is 47.2 Å². The van der Waals surface area contributed by atoms with Gasteiger partial charge in [0.15, 0.2) is 0 Å². The predicted molar refractivity (Wildman–Crippen MR) is 71.4 cm³/mol. The molecule has 0 fully saturated rings. The molecule has 1 aliphatic heterocycles. The zero-order valence-corrected chi connectivity index (χ0v) is 12.6. The fourth-order valence-corrected chi connectivity index (χ4v) is 2.26. The van der Waals surface area contributed by atoms with Gasteiger partial charge >= 0.3 is 23.9 Å². The first-order valence-corrected chi connectivity index (χ1v) is 6.98. The van der Waals surface area contributed by atoms with E-state index in [4.69, 9.17) is 0 Å². The average molecular weight is 394 g/mol. The van der Waals surface area contributed by atoms with Crippen molar-refractivity contribution in [1.82, 2.24) is 5.32 Å². The van der Waals surface area contributed by atoms with Crippen LogP contribution in [0.25, 0.3) is 0 Å². The van der Waals surface area contributed by atoms with Crippen LogP contribution >= 0.6 is 0 Å². The van der Waals surface area contributed by atoms with Gasteiger partial charge in [0.2, 0.25) is 5.72 Å². The highest BCUT2D eigenvalue weighted by Crippen LogP contribution is 2.56. The summed E-state index contributed by atoms with van der Waals surface area (Å²) in [6, 6.07) is 6.86. The summed E-state index contributed by atoms with van der Waals surface area (Å²) >= 11 is 0. The van der Waals surface area contributed by atoms with Gasteiger partial charge in [-0.25, -0.2) is 0 Å². The van der Waals surface area contributed by atoms with Crippen molar-refractivity contribution in [2.45, 2.75) is 36.1 Å². The van der Waals surface area contributed by atoms with Gasteiger partial charge in [0.1, 0.15) is 5.84 Å². The molecule has 2 N–H and O–H groups in total. The second-order valence-electron chi connectivity index (χ2n) is 5.55. The molecule has 1 heterocycles. The molecular formula is C14H11F9N2O. The van der Waals surface area contributed by atoms with Gasteiger partial charge in [-0.15, -0.1) is 0 Å². The molecule has 12 heteroatoms. The largest absolute Gasteiger partial charge is 0.460 e. The van der Waals surface area contributed by atoms with Crippen LogP contribution in [0.1, 0.15) is 12.0 Å². The smallest absolute Gasteiger partial charge is 0.366 e. The van der Waals surface area contributed by atoms with Crippen molar-refractivity contribution in [1.29, 1.82) is 0 Å². The number of nitrogens with zero attached hydrogens (tertiary/aromatic N) is 1. The molecule has 0 radical (unpaired) electrons. The van der Waals surface area contributed by atoms with Gasteiger partial charge in [-0.05, 0) is 0 Å². The lowest BCUT2D eigenvalue weighted by atomic mass is 9.90. The number of nitrogens with one attached hydrogen (secondary N) is 1. The fraction of sp³-hybridized carbons (Fsp3) is 0.500. The van der Waals surface area contributed by atoms with Crippen LogP contribution in [0.3, 0.4) is 0 Å². The molecular weight excluding hydrogens is 383 g/mol. The van der Waals surface area contributed by atoms with E-state index in [1.807, 2.05) is 0 Å². The standard InChI is InChI=1S/C14H11F9N2O/c15-11(16,12(17,18)13(19,20)14(21,22)23)10(26)6-7-24-9(25-10)8-4-2-1-3-5-8/h1-5,26H,6-7H2,(H,24,25). The second kappa shape index (κ2) is 6.03. The van der Waals surface area contributed by atoms with Gasteiger partial charge < -0.3 is 10.4 Å². The molecule has 1 aromatic carbocycles. The molecule has 0 spiro atoms. The molecule has 0 bridgehead atoms. The van der Waals surface area contributed by atoms with E-state index in [0.29, 0.717) is 0 Å². The molecule has 146 valence electrons. The number of halogens is 9. The molecule has 1 aliphatic rings. The van der Waals surface area contributed by atoms with Gasteiger partial charge in [0, 0.05) is 18.5 Å². The van der Waals surface area contributed by atoms with Crippen LogP contribution in [0.5, 0.6) is 0 Å². The molecule has 1 aromatic rings. The fourth-order valence-electron chi connectivity index (χ4n) is 2.26. The maximum Gasteiger partial charge on any atom is 0.460 e. The van der Waals surface area contributed by atoms with E-state index in [2.05, 4.69) is 4.99 Å². The summed E-state index contributed by atoms with van der Waals surface area (Å²) in [4.78, 5) is 3.66. The summed E-state index contributed by atoms with van der Waals surface area (Å²) in [5.41, 5.74) is -4.05. The highest BCUT2D eigenvalue weighted by atomic mass is 19.4. The first-order valence-electron chi connectivity index (χ1n) is 6.98. The van der Waals surface area contributed by atoms with Crippen molar-refractivity contribution < 1.29 is 44.6 Å². The highest BCUT2D eigenvalue weighted by molar-refractivity contribution is 5.99. The lowest BCUT2D eigenvalue weighted by Crippen LogP contribution is -2.74. The zero-order chi connectivity index (χ0) is 20.0. The monoisotopic (exact) mass is 394 g/mol. The van der Waals surface area contributed by atoms with Crippen LogP contribution in [0.4, 0.5) is 39.5 Å². The topological polar surface area (TPSA) is 44.6 Å². The van der Waals surface area contributed by atoms with E-state index in [1.54, 1.807) is 0 Å². The normalized spacial score (nSPS) is 22.6. The lowest BCUT2D eigenvalue weighted by molar-refractivity contribution is -0.418. The van der Waals surface area contributed by atoms with E-state index in [9.17, 15) is 44.6 Å². The Morgan fingerprint density at radius 1 is 0.885 bits per heavy atom. The summed E-state index contributed by atoms with van der Waals surface area (Å²) in [7, 11) is 0. The minimum Gasteiger partial charge on any atom is -0.366 e. The summed E-state index contributed by atoms with van der Waals surface area (Å²) < 4.78 is 118. The Kier molecular flexibility index (Phi) is 4.72. The molecule has 2 rings (SSSR count). The second-order valence-corrected chi connectivity index (χ2v) is 5.55. The Bertz CT molecular complexity index is 687. The number of benzene rings is 1. The average Bonchev–Trinajstić information content (AvgIpc) is 2.54. The predicted octanol–water partition coefficient (Wildman–Crippen LogP) is 3.58. The van der Waals surface area contributed by atoms with Crippen LogP contribution < -0.4 is 5.32 Å². The van der Waals surface area contributed by atoms with E-state index < -0.39 is 48.5 Å². The molecule has 1 unspecified atom stereocenters. The minimum absolute atomic E-state index is 0.0346. The van der Waals surface area contributed by atoms with Crippen molar-refractivity contribution in [3.8, 4) is 0 Å². The van der Waals surface area contributed by atoms with Crippen molar-refractivity contribution in [2.75, 3.05) is 6.54 Å². The number of amidine groups is 1. The van der Waals surface area contributed by atoms with Crippen molar-refractivity contribution in [3.63, 3.8) is 0 Å². The maximum atomic E-state index is 14.1. The third-order valence-corrected chi connectivity index (χ3v) is 3.78. The Morgan fingerprint density at radius 3 is 1.92 bits per heavy atom. The van der Waals surface area contributed by atoms with E-state index >= 15 is 0 Å². The van der Waals surface area contributed by atoms with Crippen LogP contribution in [0, 0.1) is 0 Å². The molecule has 1 atom stereocenters. The molecule has 26 heavy (non-hydrogen) atoms. The maximum absolute atomic E-state index is 14.1. The van der Waals surface area contributed by atoms with Crippen molar-refractivity contribution in [2.24, 2.45) is 4.99 Å². The Labute approximate surface area is 140 Å². The van der Waals surface area contributed by atoms with Crippen LogP contribution in [-0.2, 0) is 0 Å². The minimum atomic E-state index is -7.08. The van der Waals surface area contributed by atoms with Crippen LogP contribution in [0.15, 0.2) is 35.3 Å². The van der Waals surface area contributed by atoms with Crippen molar-refractivity contribution >= 4 is 5.84 Å². The summed E-state index contributed by atoms with van der Waals surface area (Å²) in [5, 5.41) is 11.4. The molecule has 0 saturated heterocycles. The molecule has 0 amide bonds. The number of hydrogen-bond acceptors (Lipinski definition) is 3. The first kappa shape index (κ1) is 20.3. The molecule has 3 nitrogen and oxygen atoms in total. The number of alkyl halides is 9. The van der Waals surface area contributed by atoms with Gasteiger partial charge in [-0.1, -0.05) is 30.3 Å². The number of aliphatic hydroxyl groups is 1. The summed E-state index contributed by atoms with van der Waals surface area (Å²) in [5.74, 6) is -20.7. The van der Waals surface area contributed by atoms with Gasteiger partial charge in [0.25, 0.3) is 0 Å². The molecule has 0 aliphatic carbocycles. The summed E-state index contributed by atoms with van der Waals surface area (Å²) in [6.07, 6.45) is -8.28. The third-order valence-electron chi connectivity index (χ3n) is 3.78. The van der Waals surface area contributed by atoms with Gasteiger partial charge in [-0.2, -0.15) is 39.5 Å². The quantitative estimate of drug-likeness (QED) is 0.767. The Balaban J connectivity index is 2.43. The summed E-state index contributed by atoms with van der Waals surface area (Å²) in [6.45, 7) is -0.711. The Morgan fingerprint density at radius 2 is 1.42 bits per heavy atom.